The number of carbonyl (C=O) groups is 1. The van der Waals surface area contributed by atoms with Crippen molar-refractivity contribution in [1.82, 2.24) is 5.06 Å². The van der Waals surface area contributed by atoms with Crippen molar-refractivity contribution in [3.05, 3.63) is 35.9 Å². The van der Waals surface area contributed by atoms with Crippen molar-refractivity contribution in [1.29, 1.82) is 0 Å². The summed E-state index contributed by atoms with van der Waals surface area (Å²) in [6.07, 6.45) is 4.45. The molecular weight excluding hydrogens is 214 g/mol. The quantitative estimate of drug-likeness (QED) is 0.783. The van der Waals surface area contributed by atoms with Gasteiger partial charge in [0, 0.05) is 0 Å². The Labute approximate surface area is 101 Å². The van der Waals surface area contributed by atoms with E-state index in [0.29, 0.717) is 12.6 Å². The van der Waals surface area contributed by atoms with Crippen LogP contribution in [0.25, 0.3) is 0 Å². The van der Waals surface area contributed by atoms with Gasteiger partial charge in [0.1, 0.15) is 0 Å². The Hall–Kier alpha value is -1.35. The van der Waals surface area contributed by atoms with Crippen LogP contribution < -0.4 is 0 Å². The van der Waals surface area contributed by atoms with E-state index in [1.165, 1.54) is 12.0 Å². The predicted octanol–water partition coefficient (Wildman–Crippen LogP) is 2.52. The molecule has 17 heavy (non-hydrogen) atoms. The minimum atomic E-state index is -0.0226. The van der Waals surface area contributed by atoms with Gasteiger partial charge in [-0.2, -0.15) is 0 Å². The average Bonchev–Trinajstić information content (AvgIpc) is 2.69. The number of hydrogen-bond donors (Lipinski definition) is 0. The molecule has 0 aromatic heterocycles. The smallest absolute Gasteiger partial charge is 0.329 e. The molecule has 0 spiro atoms. The highest BCUT2D eigenvalue weighted by Crippen LogP contribution is 2.35. The summed E-state index contributed by atoms with van der Waals surface area (Å²) in [4.78, 5) is 17.2. The van der Waals surface area contributed by atoms with Crippen molar-refractivity contribution in [2.24, 2.45) is 5.92 Å². The number of benzene rings is 1. The maximum absolute atomic E-state index is 11.7. The van der Waals surface area contributed by atoms with E-state index in [2.05, 4.69) is 12.1 Å². The Bertz CT molecular complexity index is 404. The lowest BCUT2D eigenvalue weighted by Gasteiger charge is -2.26. The summed E-state index contributed by atoms with van der Waals surface area (Å²) >= 11 is 0. The molecule has 2 unspecified atom stereocenters. The molecule has 3 heteroatoms. The molecule has 2 atom stereocenters. The number of fused-ring (bicyclic) bond motifs is 1. The van der Waals surface area contributed by atoms with Crippen molar-refractivity contribution in [2.75, 3.05) is 0 Å². The second-order valence-corrected chi connectivity index (χ2v) is 4.93. The third kappa shape index (κ3) is 2.07. The van der Waals surface area contributed by atoms with E-state index in [1.54, 1.807) is 0 Å². The van der Waals surface area contributed by atoms with Gasteiger partial charge in [0.15, 0.2) is 0 Å². The molecule has 1 saturated carbocycles. The minimum Gasteiger partial charge on any atom is -0.367 e. The monoisotopic (exact) mass is 231 g/mol. The third-order valence-corrected chi connectivity index (χ3v) is 3.79. The molecule has 1 aromatic carbocycles. The Morgan fingerprint density at radius 1 is 1.18 bits per heavy atom. The fourth-order valence-corrected chi connectivity index (χ4v) is 2.89. The zero-order chi connectivity index (χ0) is 11.7. The van der Waals surface area contributed by atoms with Crippen molar-refractivity contribution in [3.63, 3.8) is 0 Å². The van der Waals surface area contributed by atoms with Crippen LogP contribution in [-0.4, -0.2) is 17.1 Å². The molecular formula is C14H17NO2. The summed E-state index contributed by atoms with van der Waals surface area (Å²) in [5.41, 5.74) is 1.20. The topological polar surface area (TPSA) is 29.5 Å². The first kappa shape index (κ1) is 10.8. The van der Waals surface area contributed by atoms with Gasteiger partial charge >= 0.3 is 5.97 Å². The van der Waals surface area contributed by atoms with E-state index in [4.69, 9.17) is 4.84 Å². The lowest BCUT2D eigenvalue weighted by atomic mass is 9.85. The first-order valence-corrected chi connectivity index (χ1v) is 6.37. The molecule has 1 heterocycles. The van der Waals surface area contributed by atoms with Gasteiger partial charge in [-0.3, -0.25) is 0 Å². The highest BCUT2D eigenvalue weighted by atomic mass is 16.7. The Kier molecular flexibility index (Phi) is 2.85. The highest BCUT2D eigenvalue weighted by Gasteiger charge is 2.44. The molecule has 2 aliphatic rings. The number of carbonyl (C=O) groups excluding carboxylic acids is 1. The van der Waals surface area contributed by atoms with Gasteiger partial charge in [-0.1, -0.05) is 43.2 Å². The Morgan fingerprint density at radius 2 is 1.94 bits per heavy atom. The van der Waals surface area contributed by atoms with Crippen LogP contribution in [-0.2, 0) is 16.2 Å². The normalized spacial score (nSPS) is 28.8. The van der Waals surface area contributed by atoms with Crippen molar-refractivity contribution in [2.45, 2.75) is 38.3 Å². The van der Waals surface area contributed by atoms with Gasteiger partial charge in [-0.05, 0) is 18.4 Å². The Morgan fingerprint density at radius 3 is 2.76 bits per heavy atom. The molecule has 0 radical (unpaired) electrons. The highest BCUT2D eigenvalue weighted by molar-refractivity contribution is 5.74. The first-order chi connectivity index (χ1) is 8.34. The third-order valence-electron chi connectivity index (χ3n) is 3.79. The molecule has 0 amide bonds. The van der Waals surface area contributed by atoms with Gasteiger partial charge in [0.25, 0.3) is 0 Å². The molecule has 90 valence electrons. The van der Waals surface area contributed by atoms with E-state index in [-0.39, 0.29) is 11.9 Å². The summed E-state index contributed by atoms with van der Waals surface area (Å²) in [6.45, 7) is 0.716. The van der Waals surface area contributed by atoms with Gasteiger partial charge in [-0.25, -0.2) is 4.79 Å². The zero-order valence-electron chi connectivity index (χ0n) is 9.84. The zero-order valence-corrected chi connectivity index (χ0v) is 9.84. The van der Waals surface area contributed by atoms with E-state index in [0.717, 1.165) is 19.3 Å². The Balaban J connectivity index is 1.74. The molecule has 1 aliphatic carbocycles. The van der Waals surface area contributed by atoms with Gasteiger partial charge in [-0.15, -0.1) is 5.06 Å². The number of nitrogens with zero attached hydrogens (tertiary/aromatic N) is 1. The van der Waals surface area contributed by atoms with Gasteiger partial charge in [0.05, 0.1) is 18.5 Å². The van der Waals surface area contributed by atoms with Crippen LogP contribution >= 0.6 is 0 Å². The maximum atomic E-state index is 11.7. The van der Waals surface area contributed by atoms with Crippen molar-refractivity contribution >= 4 is 5.97 Å². The molecule has 3 nitrogen and oxygen atoms in total. The van der Waals surface area contributed by atoms with E-state index < -0.39 is 0 Å². The lowest BCUT2D eigenvalue weighted by Crippen LogP contribution is -2.33. The van der Waals surface area contributed by atoms with E-state index in [9.17, 15) is 4.79 Å². The molecule has 0 N–H and O–H groups in total. The van der Waals surface area contributed by atoms with Crippen LogP contribution in [0.3, 0.4) is 0 Å². The maximum Gasteiger partial charge on any atom is 0.329 e. The van der Waals surface area contributed by atoms with Crippen LogP contribution in [0.5, 0.6) is 0 Å². The second-order valence-electron chi connectivity index (χ2n) is 4.93. The van der Waals surface area contributed by atoms with Crippen molar-refractivity contribution < 1.29 is 9.63 Å². The van der Waals surface area contributed by atoms with E-state index >= 15 is 0 Å². The average molecular weight is 231 g/mol. The first-order valence-electron chi connectivity index (χ1n) is 6.37. The fraction of sp³-hybridized carbons (Fsp3) is 0.500. The van der Waals surface area contributed by atoms with Crippen LogP contribution in [0.4, 0.5) is 0 Å². The second kappa shape index (κ2) is 4.49. The number of rotatable bonds is 2. The van der Waals surface area contributed by atoms with Crippen LogP contribution in [0, 0.1) is 5.92 Å². The fourth-order valence-electron chi connectivity index (χ4n) is 2.89. The van der Waals surface area contributed by atoms with Crippen molar-refractivity contribution in [3.8, 4) is 0 Å². The lowest BCUT2D eigenvalue weighted by molar-refractivity contribution is -0.178. The molecule has 0 bridgehead atoms. The summed E-state index contributed by atoms with van der Waals surface area (Å²) in [5, 5.41) is 1.89. The molecule has 1 saturated heterocycles. The summed E-state index contributed by atoms with van der Waals surface area (Å²) in [5.74, 6) is 0.0955. The largest absolute Gasteiger partial charge is 0.367 e. The summed E-state index contributed by atoms with van der Waals surface area (Å²) in [6, 6.07) is 10.5. The van der Waals surface area contributed by atoms with Gasteiger partial charge < -0.3 is 4.84 Å². The summed E-state index contributed by atoms with van der Waals surface area (Å²) in [7, 11) is 0. The minimum absolute atomic E-state index is 0.0226. The number of hydrogen-bond acceptors (Lipinski definition) is 3. The predicted molar refractivity (Wildman–Crippen MR) is 63.8 cm³/mol. The summed E-state index contributed by atoms with van der Waals surface area (Å²) < 4.78 is 0. The SMILES string of the molecule is O=C1ON(Cc2ccccc2)C2CCCCC12. The van der Waals surface area contributed by atoms with Crippen LogP contribution in [0.15, 0.2) is 30.3 Å². The molecule has 2 fully saturated rings. The van der Waals surface area contributed by atoms with E-state index in [1.807, 2.05) is 23.3 Å². The molecule has 1 aliphatic heterocycles. The van der Waals surface area contributed by atoms with Crippen LogP contribution in [0.2, 0.25) is 0 Å². The number of hydroxylamine groups is 2. The molecule has 1 aromatic rings. The van der Waals surface area contributed by atoms with Crippen LogP contribution in [0.1, 0.15) is 31.2 Å². The van der Waals surface area contributed by atoms with Gasteiger partial charge in [0.2, 0.25) is 0 Å². The molecule has 3 rings (SSSR count). The standard InChI is InChI=1S/C14H17NO2/c16-14-12-8-4-5-9-13(12)15(17-14)10-11-6-2-1-3-7-11/h1-3,6-7,12-13H,4-5,8-10H2.